The number of hydrazine groups is 1. The third-order valence-corrected chi connectivity index (χ3v) is 3.25. The van der Waals surface area contributed by atoms with Crippen LogP contribution in [-0.4, -0.2) is 18.4 Å². The van der Waals surface area contributed by atoms with Gasteiger partial charge in [0.1, 0.15) is 11.6 Å². The Morgan fingerprint density at radius 1 is 1.04 bits per heavy atom. The summed E-state index contributed by atoms with van der Waals surface area (Å²) in [7, 11) is 0. The van der Waals surface area contributed by atoms with Gasteiger partial charge >= 0.3 is 0 Å². The van der Waals surface area contributed by atoms with E-state index in [1.54, 1.807) is 18.2 Å². The molecule has 126 valence electrons. The highest BCUT2D eigenvalue weighted by Gasteiger charge is 2.06. The third-order valence-electron chi connectivity index (χ3n) is 3.25. The Hall–Kier alpha value is -2.89. The van der Waals surface area contributed by atoms with Crippen molar-refractivity contribution in [1.82, 2.24) is 10.9 Å². The maximum Gasteiger partial charge on any atom is 0.276 e. The lowest BCUT2D eigenvalue weighted by atomic mass is 10.1. The molecule has 6 heteroatoms. The molecule has 0 radical (unpaired) electrons. The minimum absolute atomic E-state index is 0.185. The van der Waals surface area contributed by atoms with Gasteiger partial charge in [-0.25, -0.2) is 4.39 Å². The van der Waals surface area contributed by atoms with Gasteiger partial charge in [-0.05, 0) is 48.7 Å². The molecule has 0 aliphatic carbocycles. The number of halogens is 1. The molecule has 0 aliphatic heterocycles. The van der Waals surface area contributed by atoms with Gasteiger partial charge in [-0.1, -0.05) is 24.3 Å². The van der Waals surface area contributed by atoms with Crippen molar-refractivity contribution >= 4 is 11.8 Å². The predicted octanol–water partition coefficient (Wildman–Crippen LogP) is 2.29. The van der Waals surface area contributed by atoms with Crippen LogP contribution in [0.3, 0.4) is 0 Å². The van der Waals surface area contributed by atoms with Crippen LogP contribution in [0.5, 0.6) is 5.75 Å². The van der Waals surface area contributed by atoms with Gasteiger partial charge in [0.25, 0.3) is 5.91 Å². The molecule has 0 aromatic heterocycles. The molecule has 24 heavy (non-hydrogen) atoms. The molecule has 0 fully saturated rings. The molecule has 0 unspecified atom stereocenters. The summed E-state index contributed by atoms with van der Waals surface area (Å²) in [4.78, 5) is 23.3. The van der Waals surface area contributed by atoms with Crippen LogP contribution in [0.25, 0.3) is 0 Å². The van der Waals surface area contributed by atoms with Crippen LogP contribution in [0.1, 0.15) is 17.5 Å². The molecule has 2 aromatic rings. The fraction of sp³-hybridized carbons (Fsp3) is 0.222. The molecule has 2 aromatic carbocycles. The Balaban J connectivity index is 1.65. The van der Waals surface area contributed by atoms with E-state index < -0.39 is 5.91 Å². The molecule has 0 saturated carbocycles. The van der Waals surface area contributed by atoms with E-state index >= 15 is 0 Å². The van der Waals surface area contributed by atoms with Crippen molar-refractivity contribution < 1.29 is 18.7 Å². The molecule has 0 spiro atoms. The number of nitrogens with one attached hydrogen (secondary N) is 2. The number of carbonyl (C=O) groups is 2. The van der Waals surface area contributed by atoms with E-state index in [2.05, 4.69) is 10.9 Å². The van der Waals surface area contributed by atoms with Gasteiger partial charge in [-0.3, -0.25) is 20.4 Å². The van der Waals surface area contributed by atoms with Crippen molar-refractivity contribution in [3.05, 3.63) is 65.5 Å². The summed E-state index contributed by atoms with van der Waals surface area (Å²) in [6.45, 7) is 1.73. The number of hydrogen-bond acceptors (Lipinski definition) is 3. The second-order valence-electron chi connectivity index (χ2n) is 5.33. The summed E-state index contributed by atoms with van der Waals surface area (Å²) < 4.78 is 18.1. The summed E-state index contributed by atoms with van der Waals surface area (Å²) in [5, 5.41) is 0. The molecule has 0 aliphatic rings. The molecule has 0 heterocycles. The highest BCUT2D eigenvalue weighted by molar-refractivity contribution is 5.82. The lowest BCUT2D eigenvalue weighted by molar-refractivity contribution is -0.130. The average molecular weight is 330 g/mol. The summed E-state index contributed by atoms with van der Waals surface area (Å²) in [5.74, 6) is -0.508. The fourth-order valence-electron chi connectivity index (χ4n) is 2.00. The highest BCUT2D eigenvalue weighted by atomic mass is 19.1. The summed E-state index contributed by atoms with van der Waals surface area (Å²) >= 11 is 0. The first kappa shape index (κ1) is 17.5. The molecular weight excluding hydrogens is 311 g/mol. The number of rotatable bonds is 6. The summed E-state index contributed by atoms with van der Waals surface area (Å²) in [5.41, 5.74) is 6.49. The molecule has 0 bridgehead atoms. The van der Waals surface area contributed by atoms with Crippen molar-refractivity contribution in [1.29, 1.82) is 0 Å². The van der Waals surface area contributed by atoms with Gasteiger partial charge in [0, 0.05) is 6.42 Å². The molecule has 0 saturated heterocycles. The first-order valence-corrected chi connectivity index (χ1v) is 7.54. The quantitative estimate of drug-likeness (QED) is 0.799. The lowest BCUT2D eigenvalue weighted by Gasteiger charge is -2.09. The standard InChI is InChI=1S/C18H19FN2O3/c1-13-3-2-4-16(11-13)24-12-18(23)21-20-17(22)10-7-14-5-8-15(19)9-6-14/h2-6,8-9,11H,7,10,12H2,1H3,(H,20,22)(H,21,23). The largest absolute Gasteiger partial charge is 0.484 e. The average Bonchev–Trinajstić information content (AvgIpc) is 2.57. The van der Waals surface area contributed by atoms with Gasteiger partial charge in [-0.2, -0.15) is 0 Å². The monoisotopic (exact) mass is 330 g/mol. The maximum atomic E-state index is 12.8. The van der Waals surface area contributed by atoms with Crippen LogP contribution in [0.2, 0.25) is 0 Å². The van der Waals surface area contributed by atoms with E-state index in [-0.39, 0.29) is 24.8 Å². The van der Waals surface area contributed by atoms with Crippen LogP contribution >= 0.6 is 0 Å². The number of amides is 2. The Morgan fingerprint density at radius 2 is 1.75 bits per heavy atom. The van der Waals surface area contributed by atoms with E-state index in [0.717, 1.165) is 11.1 Å². The summed E-state index contributed by atoms with van der Waals surface area (Å²) in [6.07, 6.45) is 0.645. The Kier molecular flexibility index (Phi) is 6.31. The minimum Gasteiger partial charge on any atom is -0.484 e. The van der Waals surface area contributed by atoms with E-state index in [1.807, 2.05) is 25.1 Å². The molecule has 2 rings (SSSR count). The van der Waals surface area contributed by atoms with Crippen molar-refractivity contribution in [3.8, 4) is 5.75 Å². The highest BCUT2D eigenvalue weighted by Crippen LogP contribution is 2.11. The van der Waals surface area contributed by atoms with Gasteiger partial charge in [0.2, 0.25) is 5.91 Å². The van der Waals surface area contributed by atoms with Crippen molar-refractivity contribution in [2.45, 2.75) is 19.8 Å². The molecule has 2 amide bonds. The van der Waals surface area contributed by atoms with E-state index in [4.69, 9.17) is 4.74 Å². The van der Waals surface area contributed by atoms with Crippen molar-refractivity contribution in [2.75, 3.05) is 6.61 Å². The predicted molar refractivity (Wildman–Crippen MR) is 87.7 cm³/mol. The second kappa shape index (κ2) is 8.67. The topological polar surface area (TPSA) is 67.4 Å². The van der Waals surface area contributed by atoms with Gasteiger partial charge in [-0.15, -0.1) is 0 Å². The molecule has 0 atom stereocenters. The maximum absolute atomic E-state index is 12.8. The molecule has 5 nitrogen and oxygen atoms in total. The van der Waals surface area contributed by atoms with E-state index in [0.29, 0.717) is 12.2 Å². The smallest absolute Gasteiger partial charge is 0.276 e. The number of benzene rings is 2. The van der Waals surface area contributed by atoms with E-state index in [9.17, 15) is 14.0 Å². The zero-order valence-electron chi connectivity index (χ0n) is 13.3. The second-order valence-corrected chi connectivity index (χ2v) is 5.33. The number of ether oxygens (including phenoxy) is 1. The first-order chi connectivity index (χ1) is 11.5. The Morgan fingerprint density at radius 3 is 2.46 bits per heavy atom. The number of aryl methyl sites for hydroxylation is 2. The Labute approximate surface area is 139 Å². The van der Waals surface area contributed by atoms with Gasteiger partial charge < -0.3 is 4.74 Å². The van der Waals surface area contributed by atoms with Crippen LogP contribution < -0.4 is 15.6 Å². The number of hydrogen-bond donors (Lipinski definition) is 2. The lowest BCUT2D eigenvalue weighted by Crippen LogP contribution is -2.43. The SMILES string of the molecule is Cc1cccc(OCC(=O)NNC(=O)CCc2ccc(F)cc2)c1. The Bertz CT molecular complexity index is 702. The molecular formula is C18H19FN2O3. The zero-order valence-corrected chi connectivity index (χ0v) is 13.3. The van der Waals surface area contributed by atoms with Gasteiger partial charge in [0.15, 0.2) is 6.61 Å². The zero-order chi connectivity index (χ0) is 17.4. The van der Waals surface area contributed by atoms with Crippen molar-refractivity contribution in [3.63, 3.8) is 0 Å². The third kappa shape index (κ3) is 6.08. The van der Waals surface area contributed by atoms with Crippen molar-refractivity contribution in [2.24, 2.45) is 0 Å². The normalized spacial score (nSPS) is 10.1. The molecule has 2 N–H and O–H groups in total. The van der Waals surface area contributed by atoms with E-state index in [1.165, 1.54) is 12.1 Å². The summed E-state index contributed by atoms with van der Waals surface area (Å²) in [6, 6.07) is 13.3. The van der Waals surface area contributed by atoms with Crippen LogP contribution in [0, 0.1) is 12.7 Å². The van der Waals surface area contributed by atoms with Gasteiger partial charge in [0.05, 0.1) is 0 Å². The fourth-order valence-corrected chi connectivity index (χ4v) is 2.00. The van der Waals surface area contributed by atoms with Crippen LogP contribution in [-0.2, 0) is 16.0 Å². The van der Waals surface area contributed by atoms with Crippen LogP contribution in [0.15, 0.2) is 48.5 Å². The first-order valence-electron chi connectivity index (χ1n) is 7.54. The number of carbonyl (C=O) groups excluding carboxylic acids is 2. The van der Waals surface area contributed by atoms with Crippen LogP contribution in [0.4, 0.5) is 4.39 Å². The minimum atomic E-state index is -0.452.